The third-order valence-corrected chi connectivity index (χ3v) is 8.05. The molecule has 0 rings (SSSR count). The van der Waals surface area contributed by atoms with Crippen molar-refractivity contribution in [2.75, 3.05) is 14.2 Å². The fraction of sp³-hybridized carbons (Fsp3) is 1.00. The first-order valence-electron chi connectivity index (χ1n) is 5.10. The second-order valence-corrected chi connectivity index (χ2v) is 8.32. The van der Waals surface area contributed by atoms with Crippen LogP contribution in [0.3, 0.4) is 0 Å². The maximum absolute atomic E-state index is 5.70. The van der Waals surface area contributed by atoms with Crippen LogP contribution in [0.25, 0.3) is 0 Å². The van der Waals surface area contributed by atoms with E-state index >= 15 is 0 Å². The molecule has 0 saturated heterocycles. The van der Waals surface area contributed by atoms with E-state index in [1.807, 2.05) is 0 Å². The second kappa shape index (κ2) is 5.13. The highest BCUT2D eigenvalue weighted by Crippen LogP contribution is 2.43. The van der Waals surface area contributed by atoms with Crippen molar-refractivity contribution in [2.45, 2.75) is 51.6 Å². The van der Waals surface area contributed by atoms with E-state index in [0.717, 1.165) is 18.9 Å². The summed E-state index contributed by atoms with van der Waals surface area (Å²) in [5, 5.41) is 0.201. The molecule has 0 spiro atoms. The van der Waals surface area contributed by atoms with Gasteiger partial charge in [0.25, 0.3) is 0 Å². The lowest BCUT2D eigenvalue weighted by molar-refractivity contribution is 0.207. The van der Waals surface area contributed by atoms with Crippen LogP contribution >= 0.6 is 0 Å². The lowest BCUT2D eigenvalue weighted by Crippen LogP contribution is -2.49. The van der Waals surface area contributed by atoms with Crippen LogP contribution in [0.4, 0.5) is 0 Å². The van der Waals surface area contributed by atoms with Crippen LogP contribution < -0.4 is 0 Å². The quantitative estimate of drug-likeness (QED) is 0.618. The maximum atomic E-state index is 5.70. The van der Waals surface area contributed by atoms with Crippen molar-refractivity contribution in [3.63, 3.8) is 0 Å². The van der Waals surface area contributed by atoms with Crippen LogP contribution in [0, 0.1) is 0 Å². The minimum Gasteiger partial charge on any atom is -0.397 e. The van der Waals surface area contributed by atoms with E-state index in [-0.39, 0.29) is 5.04 Å². The maximum Gasteiger partial charge on any atom is 0.343 e. The Morgan fingerprint density at radius 2 is 1.54 bits per heavy atom. The van der Waals surface area contributed by atoms with Gasteiger partial charge in [0.1, 0.15) is 0 Å². The highest BCUT2D eigenvalue weighted by molar-refractivity contribution is 6.70. The molecule has 0 aromatic rings. The van der Waals surface area contributed by atoms with Crippen LogP contribution in [0.1, 0.15) is 40.5 Å². The molecule has 0 aliphatic rings. The first-order valence-corrected chi connectivity index (χ1v) is 7.12. The summed E-state index contributed by atoms with van der Waals surface area (Å²) in [6, 6.07) is 1.08. The van der Waals surface area contributed by atoms with Gasteiger partial charge in [0.2, 0.25) is 0 Å². The zero-order valence-corrected chi connectivity index (χ0v) is 10.9. The summed E-state index contributed by atoms with van der Waals surface area (Å²) in [7, 11) is 1.62. The standard InChI is InChI=1S/C10H24O2Si/c1-7-9-13(11-5,12-6)10(3,4)8-2/h7-9H2,1-6H3. The molecule has 0 heterocycles. The van der Waals surface area contributed by atoms with Gasteiger partial charge in [0.15, 0.2) is 0 Å². The third-order valence-electron chi connectivity index (χ3n) is 3.15. The average Bonchev–Trinajstić information content (AvgIpc) is 2.14. The van der Waals surface area contributed by atoms with E-state index in [9.17, 15) is 0 Å². The van der Waals surface area contributed by atoms with Crippen LogP contribution in [0.2, 0.25) is 11.1 Å². The van der Waals surface area contributed by atoms with Gasteiger partial charge in [0, 0.05) is 19.3 Å². The van der Waals surface area contributed by atoms with Crippen molar-refractivity contribution < 1.29 is 8.85 Å². The monoisotopic (exact) mass is 204 g/mol. The second-order valence-electron chi connectivity index (χ2n) is 4.15. The van der Waals surface area contributed by atoms with Gasteiger partial charge in [-0.15, -0.1) is 0 Å². The van der Waals surface area contributed by atoms with Gasteiger partial charge < -0.3 is 8.85 Å². The van der Waals surface area contributed by atoms with Gasteiger partial charge in [-0.3, -0.25) is 0 Å². The molecule has 0 aliphatic heterocycles. The number of hydrogen-bond acceptors (Lipinski definition) is 2. The Hall–Kier alpha value is 0.137. The van der Waals surface area contributed by atoms with E-state index in [1.54, 1.807) is 14.2 Å². The van der Waals surface area contributed by atoms with Gasteiger partial charge in [0.05, 0.1) is 0 Å². The minimum absolute atomic E-state index is 0.201. The molecule has 13 heavy (non-hydrogen) atoms. The van der Waals surface area contributed by atoms with Gasteiger partial charge in [-0.1, -0.05) is 34.1 Å². The van der Waals surface area contributed by atoms with Crippen LogP contribution in [0.15, 0.2) is 0 Å². The number of rotatable bonds is 6. The van der Waals surface area contributed by atoms with Gasteiger partial charge in [-0.2, -0.15) is 0 Å². The van der Waals surface area contributed by atoms with Gasteiger partial charge in [-0.05, 0) is 12.5 Å². The van der Waals surface area contributed by atoms with Crippen LogP contribution in [0.5, 0.6) is 0 Å². The summed E-state index contributed by atoms with van der Waals surface area (Å²) in [5.74, 6) is 0. The molecule has 3 heteroatoms. The molecule has 80 valence electrons. The Morgan fingerprint density at radius 3 is 1.77 bits per heavy atom. The summed E-state index contributed by atoms with van der Waals surface area (Å²) in [4.78, 5) is 0. The molecule has 0 saturated carbocycles. The minimum atomic E-state index is -1.97. The smallest absolute Gasteiger partial charge is 0.343 e. The molecular formula is C10H24O2Si. The molecule has 0 N–H and O–H groups in total. The van der Waals surface area contributed by atoms with E-state index in [0.29, 0.717) is 0 Å². The molecule has 2 nitrogen and oxygen atoms in total. The Bertz CT molecular complexity index is 142. The highest BCUT2D eigenvalue weighted by Gasteiger charge is 2.48. The zero-order valence-electron chi connectivity index (χ0n) is 9.94. The molecule has 0 aromatic heterocycles. The molecule has 0 unspecified atom stereocenters. The summed E-state index contributed by atoms with van der Waals surface area (Å²) in [6.45, 7) is 8.89. The Morgan fingerprint density at radius 1 is 1.08 bits per heavy atom. The van der Waals surface area contributed by atoms with Crippen molar-refractivity contribution >= 4 is 8.56 Å². The van der Waals surface area contributed by atoms with Crippen molar-refractivity contribution in [1.29, 1.82) is 0 Å². The fourth-order valence-electron chi connectivity index (χ4n) is 1.78. The summed E-state index contributed by atoms with van der Waals surface area (Å²) in [5.41, 5.74) is 0. The first-order chi connectivity index (χ1) is 5.99. The largest absolute Gasteiger partial charge is 0.397 e. The summed E-state index contributed by atoms with van der Waals surface area (Å²) < 4.78 is 11.4. The normalized spacial score (nSPS) is 13.4. The van der Waals surface area contributed by atoms with Crippen molar-refractivity contribution in [3.05, 3.63) is 0 Å². The van der Waals surface area contributed by atoms with E-state index in [2.05, 4.69) is 27.7 Å². The first kappa shape index (κ1) is 13.1. The van der Waals surface area contributed by atoms with Gasteiger partial charge in [-0.25, -0.2) is 0 Å². The van der Waals surface area contributed by atoms with E-state index in [1.165, 1.54) is 0 Å². The molecule has 0 radical (unpaired) electrons. The third kappa shape index (κ3) is 2.54. The van der Waals surface area contributed by atoms with Gasteiger partial charge >= 0.3 is 8.56 Å². The van der Waals surface area contributed by atoms with Crippen molar-refractivity contribution in [1.82, 2.24) is 0 Å². The molecule has 0 aromatic carbocycles. The Labute approximate surface area is 83.9 Å². The molecule has 0 fully saturated rings. The predicted octanol–water partition coefficient (Wildman–Crippen LogP) is 3.32. The fourth-order valence-corrected chi connectivity index (χ4v) is 5.33. The summed E-state index contributed by atoms with van der Waals surface area (Å²) >= 11 is 0. The van der Waals surface area contributed by atoms with E-state index < -0.39 is 8.56 Å². The number of hydrogen-bond donors (Lipinski definition) is 0. The summed E-state index contributed by atoms with van der Waals surface area (Å²) in [6.07, 6.45) is 2.25. The van der Waals surface area contributed by atoms with Crippen LogP contribution in [-0.2, 0) is 8.85 Å². The molecule has 0 atom stereocenters. The SMILES string of the molecule is CCC[Si](OC)(OC)C(C)(C)CC. The zero-order chi connectivity index (χ0) is 10.5. The Balaban J connectivity index is 4.73. The predicted molar refractivity (Wildman–Crippen MR) is 59.2 cm³/mol. The highest BCUT2D eigenvalue weighted by atomic mass is 28.4. The van der Waals surface area contributed by atoms with Crippen molar-refractivity contribution in [2.24, 2.45) is 0 Å². The van der Waals surface area contributed by atoms with Crippen LogP contribution in [-0.4, -0.2) is 22.8 Å². The van der Waals surface area contributed by atoms with E-state index in [4.69, 9.17) is 8.85 Å². The lowest BCUT2D eigenvalue weighted by atomic mass is 10.1. The average molecular weight is 204 g/mol. The van der Waals surface area contributed by atoms with Crippen molar-refractivity contribution in [3.8, 4) is 0 Å². The Kier molecular flexibility index (Phi) is 5.18. The lowest BCUT2D eigenvalue weighted by Gasteiger charge is -2.40. The molecule has 0 amide bonds. The topological polar surface area (TPSA) is 18.5 Å². The molecule has 0 bridgehead atoms. The molecule has 0 aliphatic carbocycles. The molecular weight excluding hydrogens is 180 g/mol.